The lowest BCUT2D eigenvalue weighted by molar-refractivity contribution is -0.118. The minimum Gasteiger partial charge on any atom is -0.397 e. The lowest BCUT2D eigenvalue weighted by atomic mass is 10.0. The fourth-order valence-electron chi connectivity index (χ4n) is 2.41. The number of benzene rings is 1. The van der Waals surface area contributed by atoms with Crippen molar-refractivity contribution >= 4 is 17.3 Å². The molecule has 0 aliphatic carbocycles. The van der Waals surface area contributed by atoms with E-state index in [2.05, 4.69) is 17.1 Å². The predicted molar refractivity (Wildman–Crippen MR) is 74.3 cm³/mol. The van der Waals surface area contributed by atoms with Gasteiger partial charge in [0.1, 0.15) is 5.82 Å². The number of piperidine rings is 1. The van der Waals surface area contributed by atoms with Crippen LogP contribution in [-0.2, 0) is 4.79 Å². The van der Waals surface area contributed by atoms with E-state index in [9.17, 15) is 9.18 Å². The largest absolute Gasteiger partial charge is 0.397 e. The quantitative estimate of drug-likeness (QED) is 0.824. The van der Waals surface area contributed by atoms with Crippen molar-refractivity contribution in [3.8, 4) is 0 Å². The van der Waals surface area contributed by atoms with Gasteiger partial charge in [0.05, 0.1) is 17.9 Å². The number of likely N-dealkylation sites (tertiary alicyclic amines) is 1. The Balaban J connectivity index is 1.93. The molecule has 1 aromatic rings. The van der Waals surface area contributed by atoms with Crippen molar-refractivity contribution in [2.24, 2.45) is 0 Å². The monoisotopic (exact) mass is 265 g/mol. The molecule has 2 rings (SSSR count). The lowest BCUT2D eigenvalue weighted by Gasteiger charge is -2.32. The van der Waals surface area contributed by atoms with Crippen LogP contribution in [0.15, 0.2) is 18.2 Å². The number of carbonyl (C=O) groups excluding carboxylic acids is 1. The molecule has 104 valence electrons. The van der Waals surface area contributed by atoms with Gasteiger partial charge in [-0.15, -0.1) is 0 Å². The molecule has 1 heterocycles. The van der Waals surface area contributed by atoms with Crippen molar-refractivity contribution in [1.82, 2.24) is 4.90 Å². The summed E-state index contributed by atoms with van der Waals surface area (Å²) in [6.45, 7) is 3.45. The SMILES string of the molecule is CC1CCCCN1CC(=O)Nc1ccc(F)cc1N. The first-order valence-electron chi connectivity index (χ1n) is 6.65. The fourth-order valence-corrected chi connectivity index (χ4v) is 2.41. The molecule has 0 spiro atoms. The molecular formula is C14H20FN3O. The van der Waals surface area contributed by atoms with Crippen molar-refractivity contribution in [2.45, 2.75) is 32.2 Å². The second kappa shape index (κ2) is 6.02. The summed E-state index contributed by atoms with van der Waals surface area (Å²) in [7, 11) is 0. The number of nitrogen functional groups attached to an aromatic ring is 1. The number of nitrogens with one attached hydrogen (secondary N) is 1. The Morgan fingerprint density at radius 2 is 2.32 bits per heavy atom. The van der Waals surface area contributed by atoms with E-state index in [0.717, 1.165) is 19.4 Å². The zero-order valence-corrected chi connectivity index (χ0v) is 11.2. The smallest absolute Gasteiger partial charge is 0.238 e. The second-order valence-corrected chi connectivity index (χ2v) is 5.10. The highest BCUT2D eigenvalue weighted by Crippen LogP contribution is 2.20. The molecule has 0 radical (unpaired) electrons. The number of amides is 1. The van der Waals surface area contributed by atoms with Crippen LogP contribution in [0.5, 0.6) is 0 Å². The molecule has 1 atom stereocenters. The Labute approximate surface area is 112 Å². The molecule has 0 saturated carbocycles. The molecule has 0 bridgehead atoms. The number of hydrogen-bond donors (Lipinski definition) is 2. The summed E-state index contributed by atoms with van der Waals surface area (Å²) >= 11 is 0. The van der Waals surface area contributed by atoms with Crippen LogP contribution in [0.2, 0.25) is 0 Å². The number of halogens is 1. The van der Waals surface area contributed by atoms with Gasteiger partial charge in [-0.05, 0) is 44.5 Å². The number of nitrogens with zero attached hydrogens (tertiary/aromatic N) is 1. The van der Waals surface area contributed by atoms with Crippen LogP contribution in [0.25, 0.3) is 0 Å². The highest BCUT2D eigenvalue weighted by Gasteiger charge is 2.20. The van der Waals surface area contributed by atoms with Gasteiger partial charge in [0, 0.05) is 6.04 Å². The van der Waals surface area contributed by atoms with Crippen molar-refractivity contribution in [3.63, 3.8) is 0 Å². The summed E-state index contributed by atoms with van der Waals surface area (Å²) in [6, 6.07) is 4.42. The molecule has 5 heteroatoms. The standard InChI is InChI=1S/C14H20FN3O/c1-10-4-2-3-7-18(10)9-14(19)17-13-6-5-11(15)8-12(13)16/h5-6,8,10H,2-4,7,9,16H2,1H3,(H,17,19). The van der Waals surface area contributed by atoms with E-state index in [1.54, 1.807) is 0 Å². The predicted octanol–water partition coefficient (Wildman–Crippen LogP) is 2.22. The number of rotatable bonds is 3. The second-order valence-electron chi connectivity index (χ2n) is 5.10. The molecule has 1 amide bonds. The van der Waals surface area contributed by atoms with Gasteiger partial charge < -0.3 is 11.1 Å². The molecule has 1 aromatic carbocycles. The Bertz CT molecular complexity index is 464. The van der Waals surface area contributed by atoms with Crippen LogP contribution in [0.4, 0.5) is 15.8 Å². The van der Waals surface area contributed by atoms with Gasteiger partial charge >= 0.3 is 0 Å². The van der Waals surface area contributed by atoms with Gasteiger partial charge in [0.2, 0.25) is 5.91 Å². The van der Waals surface area contributed by atoms with Crippen LogP contribution in [0.3, 0.4) is 0 Å². The van der Waals surface area contributed by atoms with E-state index >= 15 is 0 Å². The Morgan fingerprint density at radius 1 is 1.53 bits per heavy atom. The number of carbonyl (C=O) groups is 1. The van der Waals surface area contributed by atoms with E-state index in [-0.39, 0.29) is 11.6 Å². The van der Waals surface area contributed by atoms with Gasteiger partial charge in [0.25, 0.3) is 0 Å². The minimum absolute atomic E-state index is 0.105. The first-order valence-corrected chi connectivity index (χ1v) is 6.65. The molecule has 19 heavy (non-hydrogen) atoms. The molecule has 4 nitrogen and oxygen atoms in total. The zero-order chi connectivity index (χ0) is 13.8. The normalized spacial score (nSPS) is 20.2. The average Bonchev–Trinajstić information content (AvgIpc) is 2.36. The van der Waals surface area contributed by atoms with E-state index in [1.807, 2.05) is 0 Å². The number of nitrogens with two attached hydrogens (primary N) is 1. The van der Waals surface area contributed by atoms with E-state index in [1.165, 1.54) is 24.6 Å². The van der Waals surface area contributed by atoms with Gasteiger partial charge in [0.15, 0.2) is 0 Å². The van der Waals surface area contributed by atoms with Crippen LogP contribution >= 0.6 is 0 Å². The Morgan fingerprint density at radius 3 is 3.00 bits per heavy atom. The Kier molecular flexibility index (Phi) is 4.37. The van der Waals surface area contributed by atoms with Gasteiger partial charge in [-0.3, -0.25) is 9.69 Å². The maximum atomic E-state index is 12.9. The first-order chi connectivity index (χ1) is 9.06. The third-order valence-corrected chi connectivity index (χ3v) is 3.57. The third-order valence-electron chi connectivity index (χ3n) is 3.57. The van der Waals surface area contributed by atoms with Crippen molar-refractivity contribution in [3.05, 3.63) is 24.0 Å². The summed E-state index contributed by atoms with van der Waals surface area (Å²) in [5, 5.41) is 2.73. The highest BCUT2D eigenvalue weighted by atomic mass is 19.1. The maximum Gasteiger partial charge on any atom is 0.238 e. The fraction of sp³-hybridized carbons (Fsp3) is 0.500. The summed E-state index contributed by atoms with van der Waals surface area (Å²) < 4.78 is 12.9. The average molecular weight is 265 g/mol. The first kappa shape index (κ1) is 13.8. The zero-order valence-electron chi connectivity index (χ0n) is 11.2. The van der Waals surface area contributed by atoms with Crippen LogP contribution in [0.1, 0.15) is 26.2 Å². The molecule has 1 saturated heterocycles. The van der Waals surface area contributed by atoms with E-state index in [4.69, 9.17) is 5.73 Å². The van der Waals surface area contributed by atoms with Gasteiger partial charge in [-0.1, -0.05) is 6.42 Å². The molecule has 1 fully saturated rings. The maximum absolute atomic E-state index is 12.9. The van der Waals surface area contributed by atoms with Crippen molar-refractivity contribution < 1.29 is 9.18 Å². The highest BCUT2D eigenvalue weighted by molar-refractivity contribution is 5.95. The number of hydrogen-bond acceptors (Lipinski definition) is 3. The molecule has 0 aromatic heterocycles. The number of anilines is 2. The molecule has 3 N–H and O–H groups in total. The molecule has 1 unspecified atom stereocenters. The van der Waals surface area contributed by atoms with Gasteiger partial charge in [-0.25, -0.2) is 4.39 Å². The Hall–Kier alpha value is -1.62. The minimum atomic E-state index is -0.403. The van der Waals surface area contributed by atoms with Crippen molar-refractivity contribution in [2.75, 3.05) is 24.1 Å². The van der Waals surface area contributed by atoms with E-state index in [0.29, 0.717) is 18.3 Å². The summed E-state index contributed by atoms with van der Waals surface area (Å²) in [5.41, 5.74) is 6.38. The third kappa shape index (κ3) is 3.67. The summed E-state index contributed by atoms with van der Waals surface area (Å²) in [5.74, 6) is -0.507. The topological polar surface area (TPSA) is 58.4 Å². The van der Waals surface area contributed by atoms with Crippen LogP contribution in [-0.4, -0.2) is 29.9 Å². The molecule has 1 aliphatic rings. The van der Waals surface area contributed by atoms with E-state index < -0.39 is 5.82 Å². The molecular weight excluding hydrogens is 245 g/mol. The lowest BCUT2D eigenvalue weighted by Crippen LogP contribution is -2.42. The summed E-state index contributed by atoms with van der Waals surface area (Å²) in [6.07, 6.45) is 3.49. The van der Waals surface area contributed by atoms with Gasteiger partial charge in [-0.2, -0.15) is 0 Å². The van der Waals surface area contributed by atoms with Crippen LogP contribution < -0.4 is 11.1 Å². The molecule has 1 aliphatic heterocycles. The van der Waals surface area contributed by atoms with Crippen LogP contribution in [0, 0.1) is 5.82 Å². The summed E-state index contributed by atoms with van der Waals surface area (Å²) in [4.78, 5) is 14.1. The van der Waals surface area contributed by atoms with Crippen molar-refractivity contribution in [1.29, 1.82) is 0 Å².